The fourth-order valence-corrected chi connectivity index (χ4v) is 4.19. The number of hydrogen-bond acceptors (Lipinski definition) is 5. The molecule has 2 aliphatic rings. The van der Waals surface area contributed by atoms with Crippen LogP contribution in [0, 0.1) is 5.92 Å². The molecule has 3 N–H and O–H groups in total. The number of morpholine rings is 1. The normalized spacial score (nSPS) is 35.6. The van der Waals surface area contributed by atoms with Gasteiger partial charge in [0.05, 0.1) is 18.5 Å². The van der Waals surface area contributed by atoms with E-state index in [1.807, 2.05) is 6.92 Å². The minimum absolute atomic E-state index is 0.0714. The van der Waals surface area contributed by atoms with Crippen LogP contribution in [0.5, 0.6) is 0 Å². The number of nitrogens with one attached hydrogen (secondary N) is 1. The van der Waals surface area contributed by atoms with Gasteiger partial charge in [0.25, 0.3) is 0 Å². The highest BCUT2D eigenvalue weighted by molar-refractivity contribution is 7.89. The Morgan fingerprint density at radius 2 is 2.28 bits per heavy atom. The molecule has 0 aromatic carbocycles. The summed E-state index contributed by atoms with van der Waals surface area (Å²) in [7, 11) is -3.23. The topological polar surface area (TPSA) is 84.7 Å². The summed E-state index contributed by atoms with van der Waals surface area (Å²) in [4.78, 5) is 0. The molecule has 0 aromatic rings. The fraction of sp³-hybridized carbons (Fsp3) is 1.00. The molecular weight excluding hydrogens is 254 g/mol. The Balaban J connectivity index is 1.93. The Bertz CT molecular complexity index is 368. The summed E-state index contributed by atoms with van der Waals surface area (Å²) in [6, 6.07) is 0.115. The highest BCUT2D eigenvalue weighted by Gasteiger charge is 2.33. The maximum absolute atomic E-state index is 12.3. The molecule has 0 bridgehead atoms. The number of ether oxygens (including phenoxy) is 1. The van der Waals surface area contributed by atoms with Crippen LogP contribution in [0.2, 0.25) is 0 Å². The second-order valence-corrected chi connectivity index (χ2v) is 7.28. The predicted octanol–water partition coefficient (Wildman–Crippen LogP) is -1.03. The summed E-state index contributed by atoms with van der Waals surface area (Å²) in [5, 5.41) is 3.15. The molecule has 3 unspecified atom stereocenters. The molecule has 3 atom stereocenters. The first-order valence-electron chi connectivity index (χ1n) is 6.55. The first kappa shape index (κ1) is 14.2. The van der Waals surface area contributed by atoms with Crippen molar-refractivity contribution in [2.45, 2.75) is 25.5 Å². The van der Waals surface area contributed by atoms with Crippen LogP contribution in [0.3, 0.4) is 0 Å². The van der Waals surface area contributed by atoms with E-state index in [0.29, 0.717) is 26.2 Å². The molecule has 0 spiro atoms. The fourth-order valence-electron chi connectivity index (χ4n) is 2.45. The lowest BCUT2D eigenvalue weighted by molar-refractivity contribution is 0.0421. The molecule has 2 rings (SSSR count). The number of nitrogens with zero attached hydrogens (tertiary/aromatic N) is 1. The average Bonchev–Trinajstić information content (AvgIpc) is 2.33. The molecule has 0 amide bonds. The first-order chi connectivity index (χ1) is 8.49. The van der Waals surface area contributed by atoms with Crippen molar-refractivity contribution in [1.82, 2.24) is 9.62 Å². The molecule has 7 heteroatoms. The Hall–Kier alpha value is -0.210. The van der Waals surface area contributed by atoms with Crippen molar-refractivity contribution in [3.05, 3.63) is 0 Å². The zero-order chi connectivity index (χ0) is 13.2. The van der Waals surface area contributed by atoms with Crippen LogP contribution in [0.4, 0.5) is 0 Å². The van der Waals surface area contributed by atoms with Gasteiger partial charge < -0.3 is 15.8 Å². The first-order valence-corrected chi connectivity index (χ1v) is 8.15. The van der Waals surface area contributed by atoms with Crippen LogP contribution >= 0.6 is 0 Å². The second-order valence-electron chi connectivity index (χ2n) is 5.26. The number of piperidine rings is 1. The van der Waals surface area contributed by atoms with Gasteiger partial charge >= 0.3 is 0 Å². The number of rotatable bonds is 3. The van der Waals surface area contributed by atoms with Gasteiger partial charge in [-0.25, -0.2) is 12.7 Å². The standard InChI is InChI=1S/C11H23N3O3S/c1-9-7-14(4-2-11(9)12)18(15,16)8-10-6-13-3-5-17-10/h9-11,13H,2-8,12H2,1H3. The van der Waals surface area contributed by atoms with E-state index in [1.165, 1.54) is 0 Å². The largest absolute Gasteiger partial charge is 0.374 e. The summed E-state index contributed by atoms with van der Waals surface area (Å²) in [5.74, 6) is 0.293. The number of nitrogens with two attached hydrogens (primary N) is 1. The third-order valence-corrected chi connectivity index (χ3v) is 5.64. The van der Waals surface area contributed by atoms with Gasteiger partial charge in [0.2, 0.25) is 10.0 Å². The smallest absolute Gasteiger partial charge is 0.216 e. The van der Waals surface area contributed by atoms with Gasteiger partial charge in [0, 0.05) is 32.2 Å². The number of sulfonamides is 1. The minimum Gasteiger partial charge on any atom is -0.374 e. The van der Waals surface area contributed by atoms with Crippen LogP contribution in [0.25, 0.3) is 0 Å². The molecule has 2 heterocycles. The van der Waals surface area contributed by atoms with Crippen molar-refractivity contribution in [2.75, 3.05) is 38.5 Å². The minimum atomic E-state index is -3.23. The molecule has 6 nitrogen and oxygen atoms in total. The molecule has 106 valence electrons. The summed E-state index contributed by atoms with van der Waals surface area (Å²) in [5.41, 5.74) is 5.91. The Labute approximate surface area is 109 Å². The van der Waals surface area contributed by atoms with Crippen molar-refractivity contribution in [3.8, 4) is 0 Å². The van der Waals surface area contributed by atoms with Gasteiger partial charge in [0.15, 0.2) is 0 Å². The van der Waals surface area contributed by atoms with E-state index >= 15 is 0 Å². The van der Waals surface area contributed by atoms with Gasteiger partial charge in [-0.3, -0.25) is 0 Å². The Kier molecular flexibility index (Phi) is 4.60. The van der Waals surface area contributed by atoms with Crippen molar-refractivity contribution in [1.29, 1.82) is 0 Å². The van der Waals surface area contributed by atoms with E-state index in [0.717, 1.165) is 13.0 Å². The van der Waals surface area contributed by atoms with Crippen LogP contribution < -0.4 is 11.1 Å². The molecule has 2 saturated heterocycles. The van der Waals surface area contributed by atoms with Crippen LogP contribution in [-0.2, 0) is 14.8 Å². The molecule has 0 radical (unpaired) electrons. The molecule has 2 fully saturated rings. The van der Waals surface area contributed by atoms with E-state index in [-0.39, 0.29) is 23.8 Å². The SMILES string of the molecule is CC1CN(S(=O)(=O)CC2CNCCO2)CCC1N. The summed E-state index contributed by atoms with van der Waals surface area (Å²) in [6.45, 7) is 5.07. The molecule has 0 saturated carbocycles. The van der Waals surface area contributed by atoms with Gasteiger partial charge in [-0.2, -0.15) is 0 Å². The van der Waals surface area contributed by atoms with E-state index in [9.17, 15) is 8.42 Å². The maximum atomic E-state index is 12.3. The maximum Gasteiger partial charge on any atom is 0.216 e. The Morgan fingerprint density at radius 3 is 2.89 bits per heavy atom. The summed E-state index contributed by atoms with van der Waals surface area (Å²) in [6.07, 6.45) is 0.513. The van der Waals surface area contributed by atoms with Crippen molar-refractivity contribution in [2.24, 2.45) is 11.7 Å². The van der Waals surface area contributed by atoms with Crippen molar-refractivity contribution >= 4 is 10.0 Å². The molecule has 0 aliphatic carbocycles. The van der Waals surface area contributed by atoms with Crippen LogP contribution in [0.15, 0.2) is 0 Å². The predicted molar refractivity (Wildman–Crippen MR) is 69.7 cm³/mol. The van der Waals surface area contributed by atoms with Gasteiger partial charge in [-0.05, 0) is 12.3 Å². The summed E-state index contributed by atoms with van der Waals surface area (Å²) < 4.78 is 31.6. The molecule has 18 heavy (non-hydrogen) atoms. The molecule has 2 aliphatic heterocycles. The monoisotopic (exact) mass is 277 g/mol. The molecular formula is C11H23N3O3S. The van der Waals surface area contributed by atoms with Gasteiger partial charge in [-0.15, -0.1) is 0 Å². The van der Waals surface area contributed by atoms with E-state index in [4.69, 9.17) is 10.5 Å². The second kappa shape index (κ2) is 5.83. The van der Waals surface area contributed by atoms with Crippen LogP contribution in [-0.4, -0.2) is 63.4 Å². The quantitative estimate of drug-likeness (QED) is 0.689. The number of hydrogen-bond donors (Lipinski definition) is 2. The third kappa shape index (κ3) is 3.42. The highest BCUT2D eigenvalue weighted by Crippen LogP contribution is 2.19. The van der Waals surface area contributed by atoms with Crippen molar-refractivity contribution in [3.63, 3.8) is 0 Å². The van der Waals surface area contributed by atoms with E-state index in [1.54, 1.807) is 4.31 Å². The Morgan fingerprint density at radius 1 is 1.50 bits per heavy atom. The van der Waals surface area contributed by atoms with Gasteiger partial charge in [0.1, 0.15) is 0 Å². The van der Waals surface area contributed by atoms with Gasteiger partial charge in [-0.1, -0.05) is 6.92 Å². The zero-order valence-corrected chi connectivity index (χ0v) is 11.7. The highest BCUT2D eigenvalue weighted by atomic mass is 32.2. The average molecular weight is 277 g/mol. The molecule has 0 aromatic heterocycles. The lowest BCUT2D eigenvalue weighted by Crippen LogP contribution is -2.51. The van der Waals surface area contributed by atoms with E-state index in [2.05, 4.69) is 5.32 Å². The summed E-state index contributed by atoms with van der Waals surface area (Å²) >= 11 is 0. The van der Waals surface area contributed by atoms with E-state index < -0.39 is 10.0 Å². The van der Waals surface area contributed by atoms with Crippen LogP contribution in [0.1, 0.15) is 13.3 Å². The lowest BCUT2D eigenvalue weighted by atomic mass is 9.96. The third-order valence-electron chi connectivity index (χ3n) is 3.73. The van der Waals surface area contributed by atoms with Crippen molar-refractivity contribution < 1.29 is 13.2 Å². The lowest BCUT2D eigenvalue weighted by Gasteiger charge is -2.35. The zero-order valence-electron chi connectivity index (χ0n) is 10.8.